The predicted molar refractivity (Wildman–Crippen MR) is 112 cm³/mol. The minimum absolute atomic E-state index is 0.0382. The van der Waals surface area contributed by atoms with Crippen molar-refractivity contribution in [3.63, 3.8) is 0 Å². The van der Waals surface area contributed by atoms with E-state index in [1.165, 1.54) is 11.8 Å². The number of rotatable bonds is 8. The fraction of sp³-hybridized carbons (Fsp3) is 0.318. The third-order valence-corrected chi connectivity index (χ3v) is 4.45. The third kappa shape index (κ3) is 5.67. The highest BCUT2D eigenvalue weighted by atomic mass is 16.2. The molecule has 0 fully saturated rings. The molecule has 1 unspecified atom stereocenters. The van der Waals surface area contributed by atoms with Gasteiger partial charge in [-0.05, 0) is 44.0 Å². The topological polar surface area (TPSA) is 78.5 Å². The molecule has 2 aromatic rings. The van der Waals surface area contributed by atoms with Crippen LogP contribution in [0, 0.1) is 0 Å². The lowest BCUT2D eigenvalue weighted by molar-refractivity contribution is -0.133. The number of Topliss-reactive ketones (excluding diaryl/α,β-unsaturated/α-hetero) is 1. The molecule has 6 nitrogen and oxygen atoms in total. The summed E-state index contributed by atoms with van der Waals surface area (Å²) in [5, 5.41) is 5.95. The number of benzene rings is 2. The van der Waals surface area contributed by atoms with Gasteiger partial charge in [-0.3, -0.25) is 14.4 Å². The summed E-state index contributed by atoms with van der Waals surface area (Å²) >= 11 is 0. The molecule has 6 heteroatoms. The molecule has 0 saturated carbocycles. The molecule has 2 N–H and O–H groups in total. The maximum atomic E-state index is 12.6. The highest BCUT2D eigenvalue weighted by Gasteiger charge is 2.20. The van der Waals surface area contributed by atoms with Gasteiger partial charge in [-0.25, -0.2) is 0 Å². The molecule has 0 bridgehead atoms. The lowest BCUT2D eigenvalue weighted by atomic mass is 10.1. The number of nitrogens with one attached hydrogen (secondary N) is 2. The molecule has 0 aliphatic carbocycles. The van der Waals surface area contributed by atoms with Gasteiger partial charge in [-0.15, -0.1) is 0 Å². The number of carbonyl (C=O) groups is 3. The van der Waals surface area contributed by atoms with E-state index in [-0.39, 0.29) is 24.1 Å². The molecule has 0 saturated heterocycles. The summed E-state index contributed by atoms with van der Waals surface area (Å²) in [6.07, 6.45) is 0.811. The number of carbonyl (C=O) groups excluding carboxylic acids is 3. The van der Waals surface area contributed by atoms with Gasteiger partial charge < -0.3 is 15.5 Å². The minimum atomic E-state index is -0.539. The van der Waals surface area contributed by atoms with Crippen molar-refractivity contribution in [1.29, 1.82) is 0 Å². The maximum absolute atomic E-state index is 12.6. The van der Waals surface area contributed by atoms with Gasteiger partial charge in [0.15, 0.2) is 5.78 Å². The normalized spacial score (nSPS) is 11.4. The van der Waals surface area contributed by atoms with Gasteiger partial charge in [0.25, 0.3) is 0 Å². The first-order valence-electron chi connectivity index (χ1n) is 9.32. The third-order valence-electron chi connectivity index (χ3n) is 4.45. The van der Waals surface area contributed by atoms with Crippen LogP contribution in [0.3, 0.4) is 0 Å². The molecule has 0 heterocycles. The van der Waals surface area contributed by atoms with Gasteiger partial charge in [-0.1, -0.05) is 37.3 Å². The minimum Gasteiger partial charge on any atom is -0.374 e. The highest BCUT2D eigenvalue weighted by molar-refractivity contribution is 5.97. The molecule has 2 amide bonds. The molecule has 2 rings (SSSR count). The smallest absolute Gasteiger partial charge is 0.244 e. The standard InChI is InChI=1S/C22H27N3O3/c1-5-17-9-6-7-12-20(17)24-21(27)14-25(4)22(28)15(2)23-19-11-8-10-18(13-19)16(3)26/h6-13,15,23H,5,14H2,1-4H3,(H,24,27). The van der Waals surface area contributed by atoms with Gasteiger partial charge in [-0.2, -0.15) is 0 Å². The molecule has 0 spiro atoms. The Morgan fingerprint density at radius 1 is 1.07 bits per heavy atom. The lowest BCUT2D eigenvalue weighted by Gasteiger charge is -2.22. The number of anilines is 2. The summed E-state index contributed by atoms with van der Waals surface area (Å²) < 4.78 is 0. The van der Waals surface area contributed by atoms with E-state index in [9.17, 15) is 14.4 Å². The number of amides is 2. The fourth-order valence-corrected chi connectivity index (χ4v) is 2.90. The fourth-order valence-electron chi connectivity index (χ4n) is 2.90. The van der Waals surface area contributed by atoms with Gasteiger partial charge in [0.2, 0.25) is 11.8 Å². The van der Waals surface area contributed by atoms with Crippen LogP contribution in [0.15, 0.2) is 48.5 Å². The Morgan fingerprint density at radius 2 is 1.79 bits per heavy atom. The average molecular weight is 381 g/mol. The van der Waals surface area contributed by atoms with Gasteiger partial charge >= 0.3 is 0 Å². The summed E-state index contributed by atoms with van der Waals surface area (Å²) in [6.45, 7) is 5.20. The van der Waals surface area contributed by atoms with Crippen LogP contribution in [-0.2, 0) is 16.0 Å². The Morgan fingerprint density at radius 3 is 2.46 bits per heavy atom. The second kappa shape index (κ2) is 9.69. The van der Waals surface area contributed by atoms with Gasteiger partial charge in [0.1, 0.15) is 6.04 Å². The number of likely N-dealkylation sites (N-methyl/N-ethyl adjacent to an activating group) is 1. The molecule has 0 aromatic heterocycles. The van der Waals surface area contributed by atoms with Crippen molar-refractivity contribution in [2.75, 3.05) is 24.2 Å². The van der Waals surface area contributed by atoms with E-state index in [4.69, 9.17) is 0 Å². The molecule has 148 valence electrons. The zero-order chi connectivity index (χ0) is 20.7. The summed E-state index contributed by atoms with van der Waals surface area (Å²) in [5.74, 6) is -0.501. The van der Waals surface area contributed by atoms with E-state index < -0.39 is 6.04 Å². The van der Waals surface area contributed by atoms with Crippen molar-refractivity contribution < 1.29 is 14.4 Å². The summed E-state index contributed by atoms with van der Waals surface area (Å²) in [4.78, 5) is 37.8. The molecule has 0 radical (unpaired) electrons. The van der Waals surface area contributed by atoms with E-state index in [0.29, 0.717) is 11.3 Å². The Bertz CT molecular complexity index is 864. The van der Waals surface area contributed by atoms with E-state index in [2.05, 4.69) is 10.6 Å². The van der Waals surface area contributed by atoms with E-state index in [1.807, 2.05) is 31.2 Å². The Hall–Kier alpha value is -3.15. The molecular weight excluding hydrogens is 354 g/mol. The molecule has 28 heavy (non-hydrogen) atoms. The first-order valence-corrected chi connectivity index (χ1v) is 9.32. The summed E-state index contributed by atoms with van der Waals surface area (Å²) in [6, 6.07) is 14.1. The number of para-hydroxylation sites is 1. The van der Waals surface area contributed by atoms with Crippen LogP contribution in [0.1, 0.15) is 36.7 Å². The monoisotopic (exact) mass is 381 g/mol. The van der Waals surface area contributed by atoms with Gasteiger partial charge in [0.05, 0.1) is 6.54 Å². The predicted octanol–water partition coefficient (Wildman–Crippen LogP) is 3.35. The Balaban J connectivity index is 1.94. The van der Waals surface area contributed by atoms with Crippen molar-refractivity contribution >= 4 is 29.0 Å². The van der Waals surface area contributed by atoms with Crippen molar-refractivity contribution in [1.82, 2.24) is 4.90 Å². The van der Waals surface area contributed by atoms with Crippen LogP contribution in [-0.4, -0.2) is 42.1 Å². The second-order valence-electron chi connectivity index (χ2n) is 6.76. The van der Waals surface area contributed by atoms with Crippen molar-refractivity contribution in [3.05, 3.63) is 59.7 Å². The molecular formula is C22H27N3O3. The van der Waals surface area contributed by atoms with E-state index in [0.717, 1.165) is 17.7 Å². The molecule has 1 atom stereocenters. The van der Waals surface area contributed by atoms with E-state index >= 15 is 0 Å². The molecule has 0 aliphatic heterocycles. The van der Waals surface area contributed by atoms with Crippen LogP contribution in [0.5, 0.6) is 0 Å². The highest BCUT2D eigenvalue weighted by Crippen LogP contribution is 2.16. The van der Waals surface area contributed by atoms with Crippen molar-refractivity contribution in [2.24, 2.45) is 0 Å². The first-order chi connectivity index (χ1) is 13.3. The van der Waals surface area contributed by atoms with Crippen LogP contribution in [0.25, 0.3) is 0 Å². The summed E-state index contributed by atoms with van der Waals surface area (Å²) in [7, 11) is 1.60. The van der Waals surface area contributed by atoms with Gasteiger partial charge in [0, 0.05) is 24.0 Å². The molecule has 2 aromatic carbocycles. The van der Waals surface area contributed by atoms with Crippen LogP contribution in [0.4, 0.5) is 11.4 Å². The summed E-state index contributed by atoms with van der Waals surface area (Å²) in [5.41, 5.74) is 3.07. The maximum Gasteiger partial charge on any atom is 0.244 e. The van der Waals surface area contributed by atoms with Crippen molar-refractivity contribution in [2.45, 2.75) is 33.2 Å². The SMILES string of the molecule is CCc1ccccc1NC(=O)CN(C)C(=O)C(C)Nc1cccc(C(C)=O)c1. The van der Waals surface area contributed by atoms with E-state index in [1.54, 1.807) is 38.2 Å². The second-order valence-corrected chi connectivity index (χ2v) is 6.76. The number of nitrogens with zero attached hydrogens (tertiary/aromatic N) is 1. The van der Waals surface area contributed by atoms with Crippen LogP contribution < -0.4 is 10.6 Å². The first kappa shape index (κ1) is 21.2. The zero-order valence-corrected chi connectivity index (χ0v) is 16.8. The quantitative estimate of drug-likeness (QED) is 0.688. The number of hydrogen-bond acceptors (Lipinski definition) is 4. The Kier molecular flexibility index (Phi) is 7.32. The number of ketones is 1. The zero-order valence-electron chi connectivity index (χ0n) is 16.8. The average Bonchev–Trinajstić information content (AvgIpc) is 2.67. The Labute approximate surface area is 165 Å². The number of hydrogen-bond donors (Lipinski definition) is 2. The van der Waals surface area contributed by atoms with Crippen molar-refractivity contribution in [3.8, 4) is 0 Å². The lowest BCUT2D eigenvalue weighted by Crippen LogP contribution is -2.42. The largest absolute Gasteiger partial charge is 0.374 e. The number of aryl methyl sites for hydroxylation is 1. The van der Waals surface area contributed by atoms with Crippen LogP contribution >= 0.6 is 0 Å². The molecule has 0 aliphatic rings. The van der Waals surface area contributed by atoms with Crippen LogP contribution in [0.2, 0.25) is 0 Å².